The lowest BCUT2D eigenvalue weighted by Gasteiger charge is -2.34. The van der Waals surface area contributed by atoms with Gasteiger partial charge in [-0.1, -0.05) is 73.6 Å². The van der Waals surface area contributed by atoms with E-state index in [0.29, 0.717) is 17.7 Å². The molecule has 1 atom stereocenters. The van der Waals surface area contributed by atoms with Gasteiger partial charge in [-0.2, -0.15) is 0 Å². The molecule has 0 heterocycles. The van der Waals surface area contributed by atoms with E-state index in [0.717, 1.165) is 46.8 Å². The lowest BCUT2D eigenvalue weighted by atomic mass is 9.78. The SMILES string of the molecule is CC(C)CC(C)N(Cc1cc(C(C)(C)C)c(O)c(C(C)(C)C)c1)c1ccc(Nc2ccc(Nc3ccccc3)cc2)cc1. The maximum absolute atomic E-state index is 11.3. The zero-order valence-electron chi connectivity index (χ0n) is 27.6. The summed E-state index contributed by atoms with van der Waals surface area (Å²) in [5.41, 5.74) is 8.37. The summed E-state index contributed by atoms with van der Waals surface area (Å²) in [6.07, 6.45) is 1.10. The average Bonchev–Trinajstić information content (AvgIpc) is 2.93. The third-order valence-electron chi connectivity index (χ3n) is 7.92. The summed E-state index contributed by atoms with van der Waals surface area (Å²) in [4.78, 5) is 2.51. The molecule has 0 bridgehead atoms. The van der Waals surface area contributed by atoms with Crippen molar-refractivity contribution in [1.29, 1.82) is 0 Å². The van der Waals surface area contributed by atoms with Crippen LogP contribution in [0.4, 0.5) is 28.4 Å². The third-order valence-corrected chi connectivity index (χ3v) is 7.92. The van der Waals surface area contributed by atoms with Gasteiger partial charge in [-0.05, 0) is 120 Å². The van der Waals surface area contributed by atoms with Gasteiger partial charge in [0.05, 0.1) is 0 Å². The van der Waals surface area contributed by atoms with Crippen LogP contribution in [0.25, 0.3) is 0 Å². The van der Waals surface area contributed by atoms with Crippen molar-refractivity contribution in [2.45, 2.75) is 92.2 Å². The van der Waals surface area contributed by atoms with Crippen molar-refractivity contribution in [3.05, 3.63) is 108 Å². The van der Waals surface area contributed by atoms with Crippen LogP contribution in [0.2, 0.25) is 0 Å². The highest BCUT2D eigenvalue weighted by Crippen LogP contribution is 2.40. The summed E-state index contributed by atoms with van der Waals surface area (Å²) in [5.74, 6) is 1.03. The van der Waals surface area contributed by atoms with Crippen molar-refractivity contribution in [2.24, 2.45) is 5.92 Å². The molecule has 4 aromatic carbocycles. The summed E-state index contributed by atoms with van der Waals surface area (Å²) in [7, 11) is 0. The number of phenols is 1. The number of aromatic hydroxyl groups is 1. The van der Waals surface area contributed by atoms with Crippen LogP contribution in [0, 0.1) is 5.92 Å². The van der Waals surface area contributed by atoms with Gasteiger partial charge in [0, 0.05) is 41.0 Å². The standard InChI is InChI=1S/C39H51N3O/c1-27(2)23-28(3)42(26-29-24-35(38(4,5)6)37(43)36(25-29)39(7,8)9)34-21-19-33(20-22-34)41-32-17-15-31(16-18-32)40-30-13-11-10-12-14-30/h10-22,24-25,27-28,40-41,43H,23,26H2,1-9H3. The van der Waals surface area contributed by atoms with Gasteiger partial charge in [0.15, 0.2) is 0 Å². The number of phenolic OH excluding ortho intramolecular Hbond substituents is 1. The molecule has 0 spiro atoms. The van der Waals surface area contributed by atoms with E-state index < -0.39 is 0 Å². The molecule has 43 heavy (non-hydrogen) atoms. The fraction of sp³-hybridized carbons (Fsp3) is 0.385. The second kappa shape index (κ2) is 13.2. The second-order valence-corrected chi connectivity index (χ2v) is 14.4. The van der Waals surface area contributed by atoms with Crippen LogP contribution in [0.5, 0.6) is 5.75 Å². The van der Waals surface area contributed by atoms with E-state index >= 15 is 0 Å². The average molecular weight is 578 g/mol. The Morgan fingerprint density at radius 3 is 1.47 bits per heavy atom. The van der Waals surface area contributed by atoms with Crippen LogP contribution >= 0.6 is 0 Å². The predicted octanol–water partition coefficient (Wildman–Crippen LogP) is 10.9. The minimum absolute atomic E-state index is 0.155. The molecule has 0 aromatic heterocycles. The number of benzene rings is 4. The molecule has 4 rings (SSSR count). The summed E-state index contributed by atoms with van der Waals surface area (Å²) >= 11 is 0. The van der Waals surface area contributed by atoms with Gasteiger partial charge in [0.25, 0.3) is 0 Å². The molecular formula is C39H51N3O. The number of hydrogen-bond donors (Lipinski definition) is 3. The van der Waals surface area contributed by atoms with Gasteiger partial charge in [-0.15, -0.1) is 0 Å². The van der Waals surface area contributed by atoms with Crippen molar-refractivity contribution in [2.75, 3.05) is 15.5 Å². The smallest absolute Gasteiger partial charge is 0.123 e. The zero-order valence-corrected chi connectivity index (χ0v) is 27.6. The van der Waals surface area contributed by atoms with Crippen LogP contribution in [-0.2, 0) is 17.4 Å². The fourth-order valence-corrected chi connectivity index (χ4v) is 5.66. The quantitative estimate of drug-likeness (QED) is 0.175. The Morgan fingerprint density at radius 2 is 1.05 bits per heavy atom. The van der Waals surface area contributed by atoms with Gasteiger partial charge in [0.2, 0.25) is 0 Å². The first kappa shape index (κ1) is 32.0. The van der Waals surface area contributed by atoms with E-state index in [1.54, 1.807) is 0 Å². The molecule has 3 N–H and O–H groups in total. The first-order chi connectivity index (χ1) is 20.2. The molecule has 0 fully saturated rings. The number of rotatable bonds is 10. The summed E-state index contributed by atoms with van der Waals surface area (Å²) in [5, 5.41) is 18.3. The molecular weight excluding hydrogens is 526 g/mol. The molecule has 0 saturated carbocycles. The predicted molar refractivity (Wildman–Crippen MR) is 186 cm³/mol. The minimum atomic E-state index is -0.155. The van der Waals surface area contributed by atoms with Gasteiger partial charge in [-0.3, -0.25) is 0 Å². The number of anilines is 5. The van der Waals surface area contributed by atoms with E-state index in [9.17, 15) is 5.11 Å². The maximum Gasteiger partial charge on any atom is 0.123 e. The molecule has 1 unspecified atom stereocenters. The van der Waals surface area contributed by atoms with Crippen molar-refractivity contribution in [3.63, 3.8) is 0 Å². The van der Waals surface area contributed by atoms with Crippen LogP contribution in [0.3, 0.4) is 0 Å². The summed E-state index contributed by atoms with van der Waals surface area (Å²) in [6.45, 7) is 20.7. The van der Waals surface area contributed by atoms with E-state index in [-0.39, 0.29) is 10.8 Å². The monoisotopic (exact) mass is 577 g/mol. The molecule has 0 aliphatic carbocycles. The highest BCUT2D eigenvalue weighted by atomic mass is 16.3. The third kappa shape index (κ3) is 8.56. The Balaban J connectivity index is 1.57. The van der Waals surface area contributed by atoms with Gasteiger partial charge >= 0.3 is 0 Å². The second-order valence-electron chi connectivity index (χ2n) is 14.4. The van der Waals surface area contributed by atoms with Gasteiger partial charge in [0.1, 0.15) is 5.75 Å². The first-order valence-electron chi connectivity index (χ1n) is 15.6. The van der Waals surface area contributed by atoms with Crippen LogP contribution in [0.15, 0.2) is 91.0 Å². The zero-order chi connectivity index (χ0) is 31.4. The molecule has 0 aliphatic rings. The normalized spacial score (nSPS) is 12.7. The molecule has 0 amide bonds. The number of para-hydroxylation sites is 1. The molecule has 0 saturated heterocycles. The van der Waals surface area contributed by atoms with Crippen molar-refractivity contribution in [3.8, 4) is 5.75 Å². The number of nitrogens with zero attached hydrogens (tertiary/aromatic N) is 1. The van der Waals surface area contributed by atoms with E-state index in [4.69, 9.17) is 0 Å². The number of nitrogens with one attached hydrogen (secondary N) is 2. The summed E-state index contributed by atoms with van der Waals surface area (Å²) < 4.78 is 0. The van der Waals surface area contributed by atoms with Crippen LogP contribution in [0.1, 0.15) is 85.4 Å². The van der Waals surface area contributed by atoms with E-state index in [1.165, 1.54) is 11.3 Å². The minimum Gasteiger partial charge on any atom is -0.507 e. The highest BCUT2D eigenvalue weighted by molar-refractivity contribution is 5.67. The molecule has 0 aliphatic heterocycles. The van der Waals surface area contributed by atoms with Crippen molar-refractivity contribution >= 4 is 28.4 Å². The van der Waals surface area contributed by atoms with E-state index in [2.05, 4.69) is 151 Å². The van der Waals surface area contributed by atoms with Crippen LogP contribution < -0.4 is 15.5 Å². The number of hydrogen-bond acceptors (Lipinski definition) is 4. The lowest BCUT2D eigenvalue weighted by molar-refractivity contribution is 0.422. The fourth-order valence-electron chi connectivity index (χ4n) is 5.66. The Bertz CT molecular complexity index is 1430. The Kier molecular flexibility index (Phi) is 9.79. The highest BCUT2D eigenvalue weighted by Gasteiger charge is 2.27. The molecule has 0 radical (unpaired) electrons. The summed E-state index contributed by atoms with van der Waals surface area (Å²) in [6, 6.07) is 32.1. The van der Waals surface area contributed by atoms with Gasteiger partial charge in [-0.25, -0.2) is 0 Å². The largest absolute Gasteiger partial charge is 0.507 e. The Labute approximate surface area is 260 Å². The maximum atomic E-state index is 11.3. The molecule has 4 heteroatoms. The first-order valence-corrected chi connectivity index (χ1v) is 15.6. The molecule has 4 aromatic rings. The van der Waals surface area contributed by atoms with Gasteiger partial charge < -0.3 is 20.6 Å². The van der Waals surface area contributed by atoms with Crippen LogP contribution in [-0.4, -0.2) is 11.1 Å². The van der Waals surface area contributed by atoms with Crippen molar-refractivity contribution in [1.82, 2.24) is 0 Å². The van der Waals surface area contributed by atoms with Crippen molar-refractivity contribution < 1.29 is 5.11 Å². The lowest BCUT2D eigenvalue weighted by Crippen LogP contribution is -2.34. The Morgan fingerprint density at radius 1 is 0.628 bits per heavy atom. The molecule has 228 valence electrons. The molecule has 4 nitrogen and oxygen atoms in total. The Hall–Kier alpha value is -3.92. The van der Waals surface area contributed by atoms with E-state index in [1.807, 2.05) is 18.2 Å². The topological polar surface area (TPSA) is 47.5 Å².